The van der Waals surface area contributed by atoms with E-state index in [9.17, 15) is 13.2 Å². The van der Waals surface area contributed by atoms with Gasteiger partial charge in [0.25, 0.3) is 5.91 Å². The number of nitrogens with zero attached hydrogens (tertiary/aromatic N) is 1. The van der Waals surface area contributed by atoms with Gasteiger partial charge in [0.2, 0.25) is 10.0 Å². The summed E-state index contributed by atoms with van der Waals surface area (Å²) >= 11 is 0. The van der Waals surface area contributed by atoms with Crippen molar-refractivity contribution in [3.63, 3.8) is 0 Å². The third-order valence-corrected chi connectivity index (χ3v) is 6.42. The van der Waals surface area contributed by atoms with E-state index in [0.717, 1.165) is 25.7 Å². The van der Waals surface area contributed by atoms with E-state index in [-0.39, 0.29) is 22.4 Å². The zero-order valence-electron chi connectivity index (χ0n) is 16.5. The first-order valence-corrected chi connectivity index (χ1v) is 10.7. The zero-order valence-corrected chi connectivity index (χ0v) is 17.4. The first-order chi connectivity index (χ1) is 12.3. The molecule has 0 saturated carbocycles. The molecular weight excluding hydrogens is 352 g/mol. The summed E-state index contributed by atoms with van der Waals surface area (Å²) in [5.41, 5.74) is 0.239. The van der Waals surface area contributed by atoms with E-state index in [1.54, 1.807) is 13.8 Å². The summed E-state index contributed by atoms with van der Waals surface area (Å²) in [4.78, 5) is 12.8. The maximum atomic E-state index is 12.7. The van der Waals surface area contributed by atoms with Crippen molar-refractivity contribution in [2.45, 2.75) is 64.3 Å². The Labute approximate surface area is 158 Å². The van der Waals surface area contributed by atoms with Crippen LogP contribution in [-0.2, 0) is 10.0 Å². The fourth-order valence-corrected chi connectivity index (χ4v) is 4.30. The Kier molecular flexibility index (Phi) is 9.08. The van der Waals surface area contributed by atoms with Crippen LogP contribution in [0.25, 0.3) is 0 Å². The topological polar surface area (TPSA) is 75.7 Å². The summed E-state index contributed by atoms with van der Waals surface area (Å²) in [5.74, 6) is 0.0456. The second-order valence-corrected chi connectivity index (χ2v) is 8.26. The lowest BCUT2D eigenvalue weighted by molar-refractivity contribution is 0.0934. The summed E-state index contributed by atoms with van der Waals surface area (Å²) in [6.45, 7) is 8.42. The normalized spacial score (nSPS) is 12.8. The Hall–Kier alpha value is -1.60. The number of carbonyl (C=O) groups is 1. The quantitative estimate of drug-likeness (QED) is 0.593. The van der Waals surface area contributed by atoms with Gasteiger partial charge in [0, 0.05) is 19.1 Å². The largest absolute Gasteiger partial charge is 0.496 e. The lowest BCUT2D eigenvalue weighted by Gasteiger charge is -2.20. The molecule has 1 aromatic carbocycles. The SMILES string of the molecule is CCCCCC(C)NC(=O)c1cc(S(=O)(=O)N(CC)CC)ccc1OC. The van der Waals surface area contributed by atoms with Gasteiger partial charge in [-0.2, -0.15) is 4.31 Å². The Balaban J connectivity index is 3.08. The second kappa shape index (κ2) is 10.5. The molecule has 1 rings (SSSR count). The summed E-state index contributed by atoms with van der Waals surface area (Å²) in [5, 5.41) is 2.94. The number of benzene rings is 1. The van der Waals surface area contributed by atoms with E-state index < -0.39 is 10.0 Å². The molecule has 0 aliphatic rings. The highest BCUT2D eigenvalue weighted by Crippen LogP contribution is 2.25. The smallest absolute Gasteiger partial charge is 0.255 e. The molecule has 0 radical (unpaired) electrons. The molecule has 0 spiro atoms. The number of amides is 1. The Morgan fingerprint density at radius 2 is 1.85 bits per heavy atom. The molecule has 6 nitrogen and oxygen atoms in total. The number of hydrogen-bond acceptors (Lipinski definition) is 4. The molecule has 1 N–H and O–H groups in total. The molecule has 26 heavy (non-hydrogen) atoms. The van der Waals surface area contributed by atoms with Crippen LogP contribution < -0.4 is 10.1 Å². The molecule has 0 fully saturated rings. The van der Waals surface area contributed by atoms with E-state index in [2.05, 4.69) is 12.2 Å². The Bertz CT molecular complexity index is 685. The van der Waals surface area contributed by atoms with Gasteiger partial charge in [-0.1, -0.05) is 40.0 Å². The van der Waals surface area contributed by atoms with Gasteiger partial charge in [0.15, 0.2) is 0 Å². The first-order valence-electron chi connectivity index (χ1n) is 9.30. The standard InChI is InChI=1S/C19H32N2O4S/c1-6-9-10-11-15(4)20-19(22)17-14-16(12-13-18(17)25-5)26(23,24)21(7-2)8-3/h12-15H,6-11H2,1-5H3,(H,20,22). The van der Waals surface area contributed by atoms with Gasteiger partial charge in [0.1, 0.15) is 5.75 Å². The van der Waals surface area contributed by atoms with Crippen LogP contribution in [0.15, 0.2) is 23.1 Å². The van der Waals surface area contributed by atoms with Crippen molar-refractivity contribution in [2.24, 2.45) is 0 Å². The van der Waals surface area contributed by atoms with Crippen LogP contribution in [0.2, 0.25) is 0 Å². The average Bonchev–Trinajstić information content (AvgIpc) is 2.62. The third-order valence-electron chi connectivity index (χ3n) is 4.38. The van der Waals surface area contributed by atoms with Crippen molar-refractivity contribution in [3.8, 4) is 5.75 Å². The number of nitrogens with one attached hydrogen (secondary N) is 1. The van der Waals surface area contributed by atoms with E-state index in [1.165, 1.54) is 29.6 Å². The van der Waals surface area contributed by atoms with Crippen molar-refractivity contribution in [3.05, 3.63) is 23.8 Å². The molecular formula is C19H32N2O4S. The molecule has 0 aromatic heterocycles. The van der Waals surface area contributed by atoms with Gasteiger partial charge in [-0.3, -0.25) is 4.79 Å². The highest BCUT2D eigenvalue weighted by atomic mass is 32.2. The maximum Gasteiger partial charge on any atom is 0.255 e. The van der Waals surface area contributed by atoms with Crippen LogP contribution in [0.1, 0.15) is 63.7 Å². The van der Waals surface area contributed by atoms with Gasteiger partial charge in [-0.05, 0) is 31.5 Å². The highest BCUT2D eigenvalue weighted by Gasteiger charge is 2.24. The molecule has 1 amide bonds. The van der Waals surface area contributed by atoms with Crippen LogP contribution >= 0.6 is 0 Å². The number of methoxy groups -OCH3 is 1. The Morgan fingerprint density at radius 3 is 2.38 bits per heavy atom. The van der Waals surface area contributed by atoms with Crippen LogP contribution in [0.3, 0.4) is 0 Å². The van der Waals surface area contributed by atoms with E-state index >= 15 is 0 Å². The van der Waals surface area contributed by atoms with Crippen molar-refractivity contribution >= 4 is 15.9 Å². The summed E-state index contributed by atoms with van der Waals surface area (Å²) in [6.07, 6.45) is 4.19. The van der Waals surface area contributed by atoms with Crippen LogP contribution in [0, 0.1) is 0 Å². The maximum absolute atomic E-state index is 12.7. The number of rotatable bonds is 11. The minimum absolute atomic E-state index is 0.0156. The number of hydrogen-bond donors (Lipinski definition) is 1. The van der Waals surface area contributed by atoms with Crippen LogP contribution in [0.4, 0.5) is 0 Å². The van der Waals surface area contributed by atoms with Gasteiger partial charge in [0.05, 0.1) is 17.6 Å². The highest BCUT2D eigenvalue weighted by molar-refractivity contribution is 7.89. The molecule has 0 aliphatic heterocycles. The number of unbranched alkanes of at least 4 members (excludes halogenated alkanes) is 2. The van der Waals surface area contributed by atoms with E-state index in [4.69, 9.17) is 4.74 Å². The number of ether oxygens (including phenoxy) is 1. The molecule has 0 saturated heterocycles. The van der Waals surface area contributed by atoms with E-state index in [1.807, 2.05) is 6.92 Å². The monoisotopic (exact) mass is 384 g/mol. The molecule has 0 heterocycles. The lowest BCUT2D eigenvalue weighted by Crippen LogP contribution is -2.33. The molecule has 7 heteroatoms. The molecule has 148 valence electrons. The Morgan fingerprint density at radius 1 is 1.19 bits per heavy atom. The lowest BCUT2D eigenvalue weighted by atomic mass is 10.1. The van der Waals surface area contributed by atoms with Crippen molar-refractivity contribution in [1.29, 1.82) is 0 Å². The average molecular weight is 385 g/mol. The zero-order chi connectivity index (χ0) is 19.7. The van der Waals surface area contributed by atoms with E-state index in [0.29, 0.717) is 18.8 Å². The summed E-state index contributed by atoms with van der Waals surface area (Å²) < 4.78 is 32.1. The van der Waals surface area contributed by atoms with Crippen molar-refractivity contribution < 1.29 is 17.9 Å². The number of carbonyl (C=O) groups excluding carboxylic acids is 1. The van der Waals surface area contributed by atoms with Gasteiger partial charge >= 0.3 is 0 Å². The molecule has 0 aliphatic carbocycles. The fraction of sp³-hybridized carbons (Fsp3) is 0.632. The van der Waals surface area contributed by atoms with Gasteiger partial charge in [-0.25, -0.2) is 8.42 Å². The second-order valence-electron chi connectivity index (χ2n) is 6.32. The molecule has 0 bridgehead atoms. The predicted octanol–water partition coefficient (Wildman–Crippen LogP) is 3.42. The molecule has 1 aromatic rings. The van der Waals surface area contributed by atoms with Gasteiger partial charge in [-0.15, -0.1) is 0 Å². The molecule has 1 atom stereocenters. The molecule has 1 unspecified atom stereocenters. The first kappa shape index (κ1) is 22.4. The van der Waals surface area contributed by atoms with Crippen LogP contribution in [0.5, 0.6) is 5.75 Å². The van der Waals surface area contributed by atoms with Gasteiger partial charge < -0.3 is 10.1 Å². The summed E-state index contributed by atoms with van der Waals surface area (Å²) in [6, 6.07) is 4.43. The van der Waals surface area contributed by atoms with Crippen molar-refractivity contribution in [1.82, 2.24) is 9.62 Å². The minimum Gasteiger partial charge on any atom is -0.496 e. The summed E-state index contributed by atoms with van der Waals surface area (Å²) in [7, 11) is -2.16. The fourth-order valence-electron chi connectivity index (χ4n) is 2.81. The number of sulfonamides is 1. The predicted molar refractivity (Wildman–Crippen MR) is 104 cm³/mol. The van der Waals surface area contributed by atoms with Crippen LogP contribution in [-0.4, -0.2) is 44.9 Å². The third kappa shape index (κ3) is 5.71. The minimum atomic E-state index is -3.63. The van der Waals surface area contributed by atoms with Crippen molar-refractivity contribution in [2.75, 3.05) is 20.2 Å².